The van der Waals surface area contributed by atoms with Crippen LogP contribution in [0.2, 0.25) is 0 Å². The highest BCUT2D eigenvalue weighted by atomic mass is 19.3. The van der Waals surface area contributed by atoms with Gasteiger partial charge in [-0.25, -0.2) is 18.2 Å². The van der Waals surface area contributed by atoms with E-state index in [0.29, 0.717) is 10.3 Å². The number of amides is 1. The molecule has 0 saturated carbocycles. The van der Waals surface area contributed by atoms with Gasteiger partial charge in [-0.15, -0.1) is 0 Å². The van der Waals surface area contributed by atoms with Gasteiger partial charge in [0.1, 0.15) is 11.6 Å². The summed E-state index contributed by atoms with van der Waals surface area (Å²) in [5.41, 5.74) is 0.351. The van der Waals surface area contributed by atoms with E-state index in [0.717, 1.165) is 6.20 Å². The van der Waals surface area contributed by atoms with Crippen LogP contribution in [-0.2, 0) is 4.79 Å². The van der Waals surface area contributed by atoms with Gasteiger partial charge < -0.3 is 10.5 Å². The maximum atomic E-state index is 14.4. The summed E-state index contributed by atoms with van der Waals surface area (Å²) in [4.78, 5) is 17.9. The molecule has 9 heteroatoms. The Morgan fingerprint density at radius 1 is 1.37 bits per heavy atom. The van der Waals surface area contributed by atoms with E-state index in [2.05, 4.69) is 10.3 Å². The topological polar surface area (TPSA) is 72.2 Å². The quantitative estimate of drug-likeness (QED) is 0.653. The van der Waals surface area contributed by atoms with Crippen molar-refractivity contribution in [3.05, 3.63) is 59.4 Å². The predicted molar refractivity (Wildman–Crippen MR) is 91.6 cm³/mol. The van der Waals surface area contributed by atoms with Gasteiger partial charge in [-0.05, 0) is 24.6 Å². The van der Waals surface area contributed by atoms with Crippen molar-refractivity contribution in [1.82, 2.24) is 9.88 Å². The Balaban J connectivity index is 1.71. The van der Waals surface area contributed by atoms with Gasteiger partial charge in [-0.1, -0.05) is 0 Å². The van der Waals surface area contributed by atoms with Gasteiger partial charge in [0.25, 0.3) is 5.92 Å². The van der Waals surface area contributed by atoms with Crippen LogP contribution >= 0.6 is 0 Å². The average molecular weight is 380 g/mol. The highest BCUT2D eigenvalue weighted by molar-refractivity contribution is 5.93. The molecule has 1 fully saturated rings. The van der Waals surface area contributed by atoms with Gasteiger partial charge in [-0.2, -0.15) is 4.73 Å². The number of likely N-dealkylation sites (tertiary alicyclic amines) is 1. The second-order valence-electron chi connectivity index (χ2n) is 6.58. The summed E-state index contributed by atoms with van der Waals surface area (Å²) in [7, 11) is 0. The van der Waals surface area contributed by atoms with Gasteiger partial charge in [0.05, 0.1) is 18.2 Å². The molecule has 1 amide bonds. The fourth-order valence-corrected chi connectivity index (χ4v) is 3.13. The van der Waals surface area contributed by atoms with E-state index in [9.17, 15) is 23.2 Å². The van der Waals surface area contributed by atoms with Gasteiger partial charge in [0, 0.05) is 31.6 Å². The highest BCUT2D eigenvalue weighted by Gasteiger charge is 2.46. The molecule has 144 valence electrons. The third-order valence-electron chi connectivity index (χ3n) is 4.80. The monoisotopic (exact) mass is 380 g/mol. The van der Waals surface area contributed by atoms with Gasteiger partial charge >= 0.3 is 0 Å². The van der Waals surface area contributed by atoms with Crippen molar-refractivity contribution < 1.29 is 22.7 Å². The number of hydrogen-bond donors (Lipinski definition) is 1. The summed E-state index contributed by atoms with van der Waals surface area (Å²) in [6.07, 6.45) is 2.95. The highest BCUT2D eigenvalue weighted by Crippen LogP contribution is 2.40. The van der Waals surface area contributed by atoms with E-state index in [1.54, 1.807) is 11.8 Å². The zero-order valence-corrected chi connectivity index (χ0v) is 14.6. The number of hydrogen-bond acceptors (Lipinski definition) is 4. The first-order valence-corrected chi connectivity index (χ1v) is 8.49. The van der Waals surface area contributed by atoms with Gasteiger partial charge in [0.15, 0.2) is 12.4 Å². The van der Waals surface area contributed by atoms with Crippen LogP contribution in [0.5, 0.6) is 0 Å². The number of halogens is 3. The van der Waals surface area contributed by atoms with E-state index < -0.39 is 36.0 Å². The van der Waals surface area contributed by atoms with E-state index in [1.807, 2.05) is 0 Å². The molecular weight excluding hydrogens is 361 g/mol. The standard InChI is InChI=1S/C18H19F3N4O2/c1-12(17(26)23-16-3-2-14(19)10-22-16)24-9-6-18(20,21)15(11-24)13-4-7-25(27)8-5-13/h2-5,7-8,10,12,15H,6,9,11H2,1H3,(H,22,23,26)/t12-,15+/m0/s1. The number of anilines is 1. The van der Waals surface area contributed by atoms with Crippen LogP contribution in [-0.4, -0.2) is 40.8 Å². The Labute approximate surface area is 154 Å². The second-order valence-corrected chi connectivity index (χ2v) is 6.58. The molecule has 1 aliphatic rings. The largest absolute Gasteiger partial charge is 0.619 e. The first-order valence-electron chi connectivity index (χ1n) is 8.49. The average Bonchev–Trinajstić information content (AvgIpc) is 2.64. The van der Waals surface area contributed by atoms with E-state index in [4.69, 9.17) is 0 Å². The van der Waals surface area contributed by atoms with Gasteiger partial charge in [0.2, 0.25) is 5.91 Å². The Hall–Kier alpha value is -2.68. The van der Waals surface area contributed by atoms with Crippen LogP contribution in [0, 0.1) is 11.0 Å². The Morgan fingerprint density at radius 2 is 2.07 bits per heavy atom. The van der Waals surface area contributed by atoms with Crippen LogP contribution in [0.4, 0.5) is 19.0 Å². The SMILES string of the molecule is C[C@@H](C(=O)Nc1ccc(F)cn1)N1CCC(F)(F)[C@@H](c2cc[n+]([O-])cc2)C1. The molecule has 1 aliphatic heterocycles. The lowest BCUT2D eigenvalue weighted by atomic mass is 9.87. The molecule has 0 aromatic carbocycles. The summed E-state index contributed by atoms with van der Waals surface area (Å²) in [5.74, 6) is -4.80. The first-order chi connectivity index (χ1) is 12.8. The minimum Gasteiger partial charge on any atom is -0.619 e. The Kier molecular flexibility index (Phi) is 5.31. The van der Waals surface area contributed by atoms with Crippen LogP contribution in [0.1, 0.15) is 24.8 Å². The molecule has 27 heavy (non-hydrogen) atoms. The number of pyridine rings is 2. The number of aromatic nitrogens is 2. The molecular formula is C18H19F3N4O2. The molecule has 2 atom stereocenters. The van der Waals surface area contributed by atoms with Crippen molar-refractivity contribution >= 4 is 11.7 Å². The molecule has 0 radical (unpaired) electrons. The number of nitrogens with zero attached hydrogens (tertiary/aromatic N) is 3. The molecule has 2 aromatic heterocycles. The minimum atomic E-state index is -2.93. The van der Waals surface area contributed by atoms with Crippen LogP contribution < -0.4 is 10.0 Å². The number of carbonyl (C=O) groups is 1. The summed E-state index contributed by atoms with van der Waals surface area (Å²) < 4.78 is 42.3. The minimum absolute atomic E-state index is 0.0265. The van der Waals surface area contributed by atoms with Crippen molar-refractivity contribution in [2.45, 2.75) is 31.2 Å². The Morgan fingerprint density at radius 3 is 2.70 bits per heavy atom. The first kappa shape index (κ1) is 19.1. The zero-order valence-electron chi connectivity index (χ0n) is 14.6. The van der Waals surface area contributed by atoms with Crippen molar-refractivity contribution in [3.63, 3.8) is 0 Å². The molecule has 0 bridgehead atoms. The fraction of sp³-hybridized carbons (Fsp3) is 0.389. The summed E-state index contributed by atoms with van der Waals surface area (Å²) in [6, 6.07) is 4.57. The zero-order chi connectivity index (χ0) is 19.6. The second kappa shape index (κ2) is 7.51. The maximum Gasteiger partial charge on any atom is 0.257 e. The molecule has 3 heterocycles. The molecule has 0 spiro atoms. The Bertz CT molecular complexity index is 799. The summed E-state index contributed by atoms with van der Waals surface area (Å²) in [6.45, 7) is 1.65. The molecule has 0 unspecified atom stereocenters. The number of nitrogens with one attached hydrogen (secondary N) is 1. The lowest BCUT2D eigenvalue weighted by Gasteiger charge is -2.40. The normalized spacial score (nSPS) is 20.8. The smallest absolute Gasteiger partial charge is 0.257 e. The van der Waals surface area contributed by atoms with Crippen molar-refractivity contribution in [2.75, 3.05) is 18.4 Å². The van der Waals surface area contributed by atoms with Crippen LogP contribution in [0.15, 0.2) is 42.9 Å². The van der Waals surface area contributed by atoms with Crippen LogP contribution in [0.25, 0.3) is 0 Å². The van der Waals surface area contributed by atoms with Crippen molar-refractivity contribution in [3.8, 4) is 0 Å². The molecule has 2 aromatic rings. The van der Waals surface area contributed by atoms with E-state index in [-0.39, 0.29) is 18.9 Å². The lowest BCUT2D eigenvalue weighted by molar-refractivity contribution is -0.605. The third-order valence-corrected chi connectivity index (χ3v) is 4.80. The van der Waals surface area contributed by atoms with Crippen molar-refractivity contribution in [1.29, 1.82) is 0 Å². The molecule has 3 rings (SSSR count). The molecule has 0 aliphatic carbocycles. The van der Waals surface area contributed by atoms with Crippen LogP contribution in [0.3, 0.4) is 0 Å². The van der Waals surface area contributed by atoms with Gasteiger partial charge in [-0.3, -0.25) is 9.69 Å². The maximum absolute atomic E-state index is 14.4. The number of piperidine rings is 1. The predicted octanol–water partition coefficient (Wildman–Crippen LogP) is 2.31. The third kappa shape index (κ3) is 4.36. The fourth-order valence-electron chi connectivity index (χ4n) is 3.13. The summed E-state index contributed by atoms with van der Waals surface area (Å²) in [5, 5.41) is 13.7. The van der Waals surface area contributed by atoms with Crippen molar-refractivity contribution in [2.24, 2.45) is 0 Å². The number of carbonyl (C=O) groups excluding carboxylic acids is 1. The molecule has 1 N–H and O–H groups in total. The molecule has 6 nitrogen and oxygen atoms in total. The van der Waals surface area contributed by atoms with E-state index in [1.165, 1.54) is 36.7 Å². The molecule has 1 saturated heterocycles. The number of alkyl halides is 2. The van der Waals surface area contributed by atoms with E-state index >= 15 is 0 Å². The lowest BCUT2D eigenvalue weighted by Crippen LogP contribution is -2.52. The number of rotatable bonds is 4. The summed E-state index contributed by atoms with van der Waals surface area (Å²) >= 11 is 0.